The molecule has 5 heteroatoms. The fourth-order valence-electron chi connectivity index (χ4n) is 3.31. The summed E-state index contributed by atoms with van der Waals surface area (Å²) in [6.07, 6.45) is 2.09. The highest BCUT2D eigenvalue weighted by atomic mass is 16.6. The number of rotatable bonds is 2. The Hall–Kier alpha value is -2.04. The van der Waals surface area contributed by atoms with Crippen LogP contribution in [0.1, 0.15) is 41.6 Å². The molecule has 0 atom stereocenters. The molecule has 0 unspecified atom stereocenters. The van der Waals surface area contributed by atoms with E-state index in [1.165, 1.54) is 0 Å². The molecule has 1 aliphatic carbocycles. The predicted octanol–water partition coefficient (Wildman–Crippen LogP) is 2.34. The quantitative estimate of drug-likeness (QED) is 0.839. The predicted molar refractivity (Wildman–Crippen MR) is 69.7 cm³/mol. The number of benzene rings is 1. The molecule has 1 aliphatic heterocycles. The van der Waals surface area contributed by atoms with Crippen LogP contribution < -0.4 is 4.74 Å². The van der Waals surface area contributed by atoms with E-state index in [1.807, 2.05) is 6.07 Å². The van der Waals surface area contributed by atoms with Crippen LogP contribution in [-0.2, 0) is 15.1 Å². The highest BCUT2D eigenvalue weighted by molar-refractivity contribution is 5.95. The molecule has 1 aromatic rings. The van der Waals surface area contributed by atoms with E-state index in [1.54, 1.807) is 19.2 Å². The standard InChI is InChI=1S/C15H16O5/c1-19-11-4-2-3-10-12(11)15(20-14(10)18)7-5-9(6-8-15)13(16)17/h2-4,9H,5-8H2,1H3,(H,16,17). The molecule has 1 aromatic carbocycles. The molecule has 3 rings (SSSR count). The van der Waals surface area contributed by atoms with Crippen LogP contribution in [0.3, 0.4) is 0 Å². The van der Waals surface area contributed by atoms with Crippen LogP contribution in [0.5, 0.6) is 5.75 Å². The Morgan fingerprint density at radius 2 is 2.10 bits per heavy atom. The van der Waals surface area contributed by atoms with Crippen LogP contribution in [0.4, 0.5) is 0 Å². The third-order valence-corrected chi connectivity index (χ3v) is 4.35. The van der Waals surface area contributed by atoms with Crippen molar-refractivity contribution in [1.29, 1.82) is 0 Å². The van der Waals surface area contributed by atoms with Gasteiger partial charge < -0.3 is 14.6 Å². The van der Waals surface area contributed by atoms with E-state index in [0.717, 1.165) is 5.56 Å². The van der Waals surface area contributed by atoms with Crippen molar-refractivity contribution in [2.45, 2.75) is 31.3 Å². The van der Waals surface area contributed by atoms with Crippen molar-refractivity contribution < 1.29 is 24.2 Å². The smallest absolute Gasteiger partial charge is 0.339 e. The fourth-order valence-corrected chi connectivity index (χ4v) is 3.31. The number of fused-ring (bicyclic) bond motifs is 2. The van der Waals surface area contributed by atoms with Crippen molar-refractivity contribution in [2.75, 3.05) is 7.11 Å². The summed E-state index contributed by atoms with van der Waals surface area (Å²) in [7, 11) is 1.56. The molecule has 0 bridgehead atoms. The Bertz CT molecular complexity index is 570. The van der Waals surface area contributed by atoms with Gasteiger partial charge in [0, 0.05) is 0 Å². The molecule has 2 aliphatic rings. The maximum absolute atomic E-state index is 12.0. The lowest BCUT2D eigenvalue weighted by atomic mass is 9.74. The first-order valence-electron chi connectivity index (χ1n) is 6.71. The van der Waals surface area contributed by atoms with E-state index < -0.39 is 11.6 Å². The maximum atomic E-state index is 12.0. The van der Waals surface area contributed by atoms with Gasteiger partial charge in [0.05, 0.1) is 24.2 Å². The minimum Gasteiger partial charge on any atom is -0.496 e. The average Bonchev–Trinajstić information content (AvgIpc) is 2.72. The largest absolute Gasteiger partial charge is 0.496 e. The Morgan fingerprint density at radius 1 is 1.40 bits per heavy atom. The van der Waals surface area contributed by atoms with Gasteiger partial charge in [-0.05, 0) is 37.8 Å². The molecule has 106 valence electrons. The van der Waals surface area contributed by atoms with Crippen molar-refractivity contribution in [3.63, 3.8) is 0 Å². The highest BCUT2D eigenvalue weighted by Crippen LogP contribution is 2.51. The molecule has 20 heavy (non-hydrogen) atoms. The third-order valence-electron chi connectivity index (χ3n) is 4.35. The first-order valence-corrected chi connectivity index (χ1v) is 6.71. The van der Waals surface area contributed by atoms with Gasteiger partial charge in [-0.25, -0.2) is 4.79 Å². The Kier molecular flexibility index (Phi) is 2.92. The van der Waals surface area contributed by atoms with Crippen LogP contribution in [0.15, 0.2) is 18.2 Å². The van der Waals surface area contributed by atoms with Gasteiger partial charge in [0.1, 0.15) is 11.4 Å². The zero-order valence-corrected chi connectivity index (χ0v) is 11.2. The summed E-state index contributed by atoms with van der Waals surface area (Å²) in [5, 5.41) is 9.09. The average molecular weight is 276 g/mol. The van der Waals surface area contributed by atoms with E-state index in [-0.39, 0.29) is 11.9 Å². The molecule has 1 saturated carbocycles. The summed E-state index contributed by atoms with van der Waals surface area (Å²) >= 11 is 0. The second kappa shape index (κ2) is 4.51. The Labute approximate surface area is 116 Å². The van der Waals surface area contributed by atoms with Gasteiger partial charge in [0.25, 0.3) is 0 Å². The topological polar surface area (TPSA) is 72.8 Å². The minimum absolute atomic E-state index is 0.340. The molecule has 1 N–H and O–H groups in total. The van der Waals surface area contributed by atoms with Gasteiger partial charge in [-0.1, -0.05) is 6.07 Å². The summed E-state index contributed by atoms with van der Waals surface area (Å²) in [6.45, 7) is 0. The molecule has 0 radical (unpaired) electrons. The zero-order chi connectivity index (χ0) is 14.3. The Balaban J connectivity index is 1.99. The van der Waals surface area contributed by atoms with Gasteiger partial charge in [0.15, 0.2) is 0 Å². The second-order valence-electron chi connectivity index (χ2n) is 5.38. The normalized spacial score (nSPS) is 28.1. The molecular weight excluding hydrogens is 260 g/mol. The first-order chi connectivity index (χ1) is 9.57. The van der Waals surface area contributed by atoms with Gasteiger partial charge in [0.2, 0.25) is 0 Å². The summed E-state index contributed by atoms with van der Waals surface area (Å²) in [5.74, 6) is -0.822. The maximum Gasteiger partial charge on any atom is 0.339 e. The summed E-state index contributed by atoms with van der Waals surface area (Å²) in [4.78, 5) is 23.1. The van der Waals surface area contributed by atoms with Crippen LogP contribution in [-0.4, -0.2) is 24.2 Å². The monoisotopic (exact) mass is 276 g/mol. The number of carbonyl (C=O) groups excluding carboxylic acids is 1. The lowest BCUT2D eigenvalue weighted by Crippen LogP contribution is -2.34. The molecule has 0 aromatic heterocycles. The number of carboxylic acid groups (broad SMARTS) is 1. The van der Waals surface area contributed by atoms with Crippen LogP contribution in [0, 0.1) is 5.92 Å². The van der Waals surface area contributed by atoms with Gasteiger partial charge in [-0.15, -0.1) is 0 Å². The van der Waals surface area contributed by atoms with Crippen LogP contribution in [0.2, 0.25) is 0 Å². The number of ether oxygens (including phenoxy) is 2. The third kappa shape index (κ3) is 1.77. The first kappa shape index (κ1) is 13.0. The van der Waals surface area contributed by atoms with Crippen molar-refractivity contribution in [2.24, 2.45) is 5.92 Å². The van der Waals surface area contributed by atoms with Gasteiger partial charge in [-0.2, -0.15) is 0 Å². The minimum atomic E-state index is -0.774. The molecule has 1 fully saturated rings. The SMILES string of the molecule is COc1cccc2c1C1(CCC(C(=O)O)CC1)OC2=O. The van der Waals surface area contributed by atoms with E-state index >= 15 is 0 Å². The molecule has 5 nitrogen and oxygen atoms in total. The molecular formula is C15H16O5. The molecule has 0 saturated heterocycles. The summed E-state index contributed by atoms with van der Waals surface area (Å²) < 4.78 is 11.0. The van der Waals surface area contributed by atoms with Crippen molar-refractivity contribution in [1.82, 2.24) is 0 Å². The number of carboxylic acids is 1. The van der Waals surface area contributed by atoms with Crippen LogP contribution in [0.25, 0.3) is 0 Å². The number of esters is 1. The molecule has 1 spiro atoms. The summed E-state index contributed by atoms with van der Waals surface area (Å²) in [5.41, 5.74) is 0.625. The Morgan fingerprint density at radius 3 is 2.70 bits per heavy atom. The zero-order valence-electron chi connectivity index (χ0n) is 11.2. The molecule has 1 heterocycles. The fraction of sp³-hybridized carbons (Fsp3) is 0.467. The number of hydrogen-bond acceptors (Lipinski definition) is 4. The van der Waals surface area contributed by atoms with E-state index in [4.69, 9.17) is 14.6 Å². The van der Waals surface area contributed by atoms with Crippen molar-refractivity contribution in [3.05, 3.63) is 29.3 Å². The van der Waals surface area contributed by atoms with Crippen LogP contribution >= 0.6 is 0 Å². The number of aliphatic carboxylic acids is 1. The lowest BCUT2D eigenvalue weighted by molar-refractivity contribution is -0.144. The number of hydrogen-bond donors (Lipinski definition) is 1. The van der Waals surface area contributed by atoms with Crippen molar-refractivity contribution in [3.8, 4) is 5.75 Å². The number of carbonyl (C=O) groups is 2. The van der Waals surface area contributed by atoms with Gasteiger partial charge in [-0.3, -0.25) is 4.79 Å². The van der Waals surface area contributed by atoms with E-state index in [0.29, 0.717) is 37.0 Å². The van der Waals surface area contributed by atoms with Gasteiger partial charge >= 0.3 is 11.9 Å². The lowest BCUT2D eigenvalue weighted by Gasteiger charge is -2.35. The second-order valence-corrected chi connectivity index (χ2v) is 5.38. The van der Waals surface area contributed by atoms with E-state index in [9.17, 15) is 9.59 Å². The summed E-state index contributed by atoms with van der Waals surface area (Å²) in [6, 6.07) is 5.31. The van der Waals surface area contributed by atoms with E-state index in [2.05, 4.69) is 0 Å². The highest BCUT2D eigenvalue weighted by Gasteiger charge is 2.50. The van der Waals surface area contributed by atoms with Crippen molar-refractivity contribution >= 4 is 11.9 Å². The number of methoxy groups -OCH3 is 1. The molecule has 0 amide bonds.